The van der Waals surface area contributed by atoms with E-state index in [0.717, 1.165) is 4.90 Å². The van der Waals surface area contributed by atoms with Crippen LogP contribution in [0.5, 0.6) is 0 Å². The summed E-state index contributed by atoms with van der Waals surface area (Å²) in [5, 5.41) is 10.0. The quantitative estimate of drug-likeness (QED) is 0.576. The Morgan fingerprint density at radius 2 is 1.91 bits per heavy atom. The average Bonchev–Trinajstić information content (AvgIpc) is 3.21. The molecule has 2 N–H and O–H groups in total. The molecule has 1 atom stereocenters. The van der Waals surface area contributed by atoms with Crippen molar-refractivity contribution in [2.75, 3.05) is 11.9 Å². The first-order chi connectivity index (χ1) is 15.2. The van der Waals surface area contributed by atoms with Crippen LogP contribution in [0.4, 0.5) is 15.0 Å². The van der Waals surface area contributed by atoms with E-state index in [1.165, 1.54) is 28.9 Å². The van der Waals surface area contributed by atoms with Crippen LogP contribution in [0.15, 0.2) is 54.6 Å². The molecule has 1 aromatic heterocycles. The summed E-state index contributed by atoms with van der Waals surface area (Å²) in [4.78, 5) is 39.1. The lowest BCUT2D eigenvalue weighted by atomic mass is 9.92. The summed E-state index contributed by atoms with van der Waals surface area (Å²) in [6.45, 7) is 2.81. The molecule has 1 fully saturated rings. The fourth-order valence-corrected chi connectivity index (χ4v) is 3.72. The summed E-state index contributed by atoms with van der Waals surface area (Å²) < 4.78 is 14.7. The van der Waals surface area contributed by atoms with Crippen LogP contribution in [0, 0.1) is 12.7 Å². The summed E-state index contributed by atoms with van der Waals surface area (Å²) in [6, 6.07) is 13.1. The average molecular weight is 456 g/mol. The van der Waals surface area contributed by atoms with Gasteiger partial charge in [-0.1, -0.05) is 23.7 Å². The van der Waals surface area contributed by atoms with E-state index in [9.17, 15) is 18.8 Å². The number of hydrogen-bond acceptors (Lipinski definition) is 4. The molecule has 164 valence electrons. The molecule has 1 aliphatic heterocycles. The number of amides is 4. The summed E-state index contributed by atoms with van der Waals surface area (Å²) in [7, 11) is 0. The third-order valence-corrected chi connectivity index (χ3v) is 5.38. The molecule has 10 heteroatoms. The lowest BCUT2D eigenvalue weighted by molar-refractivity contribution is -0.133. The largest absolute Gasteiger partial charge is 0.325 e. The SMILES string of the molecule is Cc1cc(NC(=O)CN2C(=O)NC(C)(c3cccc(Cl)c3)C2=O)n(-c2ccc(F)cc2)n1. The number of urea groups is 1. The number of anilines is 1. The number of halogens is 2. The van der Waals surface area contributed by atoms with Crippen LogP contribution in [0.1, 0.15) is 18.2 Å². The Morgan fingerprint density at radius 1 is 1.19 bits per heavy atom. The van der Waals surface area contributed by atoms with Gasteiger partial charge in [0.05, 0.1) is 11.4 Å². The van der Waals surface area contributed by atoms with Gasteiger partial charge >= 0.3 is 6.03 Å². The highest BCUT2D eigenvalue weighted by molar-refractivity contribution is 6.30. The van der Waals surface area contributed by atoms with Gasteiger partial charge in [0.15, 0.2) is 0 Å². The van der Waals surface area contributed by atoms with E-state index in [0.29, 0.717) is 27.8 Å². The lowest BCUT2D eigenvalue weighted by Gasteiger charge is -2.22. The van der Waals surface area contributed by atoms with Crippen molar-refractivity contribution in [1.82, 2.24) is 20.0 Å². The lowest BCUT2D eigenvalue weighted by Crippen LogP contribution is -2.42. The molecule has 0 bridgehead atoms. The molecular formula is C22H19ClFN5O3. The molecule has 2 aromatic carbocycles. The zero-order valence-corrected chi connectivity index (χ0v) is 18.0. The van der Waals surface area contributed by atoms with E-state index in [1.54, 1.807) is 44.2 Å². The zero-order chi connectivity index (χ0) is 23.0. The molecule has 0 spiro atoms. The first-order valence-corrected chi connectivity index (χ1v) is 10.1. The number of nitrogens with one attached hydrogen (secondary N) is 2. The van der Waals surface area contributed by atoms with Crippen LogP contribution >= 0.6 is 11.6 Å². The normalized spacial score (nSPS) is 18.1. The number of rotatable bonds is 5. The summed E-state index contributed by atoms with van der Waals surface area (Å²) in [6.07, 6.45) is 0. The standard InChI is InChI=1S/C22H19ClFN5O3/c1-13-10-18(29(27-13)17-8-6-16(24)7-9-17)25-19(30)12-28-20(31)22(2,26-21(28)32)14-4-3-5-15(23)11-14/h3-11H,12H2,1-2H3,(H,25,30)(H,26,32). The van der Waals surface area contributed by atoms with Crippen molar-refractivity contribution in [1.29, 1.82) is 0 Å². The first-order valence-electron chi connectivity index (χ1n) is 9.70. The number of hydrogen-bond donors (Lipinski definition) is 2. The second kappa shape index (κ2) is 8.08. The van der Waals surface area contributed by atoms with Crippen molar-refractivity contribution >= 4 is 35.3 Å². The first kappa shape index (κ1) is 21.5. The van der Waals surface area contributed by atoms with Gasteiger partial charge in [-0.2, -0.15) is 5.10 Å². The molecule has 1 unspecified atom stereocenters. The van der Waals surface area contributed by atoms with Gasteiger partial charge in [0.25, 0.3) is 5.91 Å². The van der Waals surface area contributed by atoms with E-state index in [-0.39, 0.29) is 0 Å². The summed E-state index contributed by atoms with van der Waals surface area (Å²) in [5.74, 6) is -1.23. The van der Waals surface area contributed by atoms with Crippen LogP contribution in [0.3, 0.4) is 0 Å². The van der Waals surface area contributed by atoms with Crippen molar-refractivity contribution in [3.8, 4) is 5.69 Å². The maximum Gasteiger partial charge on any atom is 0.325 e. The maximum atomic E-state index is 13.2. The number of benzene rings is 2. The molecular weight excluding hydrogens is 437 g/mol. The monoisotopic (exact) mass is 455 g/mol. The number of imide groups is 1. The fourth-order valence-electron chi connectivity index (χ4n) is 3.53. The highest BCUT2D eigenvalue weighted by Gasteiger charge is 2.49. The van der Waals surface area contributed by atoms with Crippen LogP contribution in [0.25, 0.3) is 5.69 Å². The maximum absolute atomic E-state index is 13.2. The Labute approximate surface area is 188 Å². The van der Waals surface area contributed by atoms with E-state index >= 15 is 0 Å². The molecule has 1 saturated heterocycles. The number of aryl methyl sites for hydroxylation is 1. The summed E-state index contributed by atoms with van der Waals surface area (Å²) in [5.41, 5.74) is 0.331. The minimum absolute atomic E-state index is 0.323. The minimum Gasteiger partial charge on any atom is -0.319 e. The topological polar surface area (TPSA) is 96.3 Å². The molecule has 8 nitrogen and oxygen atoms in total. The highest BCUT2D eigenvalue weighted by atomic mass is 35.5. The highest BCUT2D eigenvalue weighted by Crippen LogP contribution is 2.30. The second-order valence-electron chi connectivity index (χ2n) is 7.56. The van der Waals surface area contributed by atoms with Crippen LogP contribution in [-0.4, -0.2) is 39.1 Å². The Morgan fingerprint density at radius 3 is 2.59 bits per heavy atom. The van der Waals surface area contributed by atoms with Crippen LogP contribution < -0.4 is 10.6 Å². The van der Waals surface area contributed by atoms with E-state index in [4.69, 9.17) is 11.6 Å². The van der Waals surface area contributed by atoms with Crippen molar-refractivity contribution in [3.05, 3.63) is 76.7 Å². The second-order valence-corrected chi connectivity index (χ2v) is 8.00. The number of carbonyl (C=O) groups is 3. The predicted octanol–water partition coefficient (Wildman–Crippen LogP) is 3.38. The molecule has 3 aromatic rings. The van der Waals surface area contributed by atoms with Gasteiger partial charge in [-0.05, 0) is 55.8 Å². The van der Waals surface area contributed by atoms with Crippen LogP contribution in [-0.2, 0) is 15.1 Å². The van der Waals surface area contributed by atoms with E-state index in [1.807, 2.05) is 0 Å². The smallest absolute Gasteiger partial charge is 0.319 e. The van der Waals surface area contributed by atoms with Crippen molar-refractivity contribution in [3.63, 3.8) is 0 Å². The van der Waals surface area contributed by atoms with Crippen molar-refractivity contribution in [2.24, 2.45) is 0 Å². The Bertz CT molecular complexity index is 1230. The molecule has 32 heavy (non-hydrogen) atoms. The third kappa shape index (κ3) is 3.94. The van der Waals surface area contributed by atoms with Crippen molar-refractivity contribution < 1.29 is 18.8 Å². The predicted molar refractivity (Wildman–Crippen MR) is 116 cm³/mol. The Balaban J connectivity index is 1.52. The number of aromatic nitrogens is 2. The molecule has 0 aliphatic carbocycles. The summed E-state index contributed by atoms with van der Waals surface area (Å²) >= 11 is 6.03. The Kier molecular flexibility index (Phi) is 5.43. The fraction of sp³-hybridized carbons (Fsp3) is 0.182. The van der Waals surface area contributed by atoms with Gasteiger partial charge in [0.2, 0.25) is 5.91 Å². The molecule has 0 saturated carbocycles. The molecule has 4 rings (SSSR count). The van der Waals surface area contributed by atoms with Crippen molar-refractivity contribution in [2.45, 2.75) is 19.4 Å². The molecule has 4 amide bonds. The number of carbonyl (C=O) groups excluding carboxylic acids is 3. The minimum atomic E-state index is -1.34. The van der Waals surface area contributed by atoms with Gasteiger partial charge < -0.3 is 10.6 Å². The molecule has 2 heterocycles. The van der Waals surface area contributed by atoms with E-state index < -0.39 is 35.7 Å². The molecule has 0 radical (unpaired) electrons. The zero-order valence-electron chi connectivity index (χ0n) is 17.2. The van der Waals surface area contributed by atoms with Gasteiger partial charge in [0.1, 0.15) is 23.7 Å². The number of nitrogens with zero attached hydrogens (tertiary/aromatic N) is 3. The van der Waals surface area contributed by atoms with Gasteiger partial charge in [-0.3, -0.25) is 14.5 Å². The van der Waals surface area contributed by atoms with Gasteiger partial charge in [0, 0.05) is 11.1 Å². The van der Waals surface area contributed by atoms with Gasteiger partial charge in [-0.15, -0.1) is 0 Å². The van der Waals surface area contributed by atoms with Crippen LogP contribution in [0.2, 0.25) is 5.02 Å². The molecule has 1 aliphatic rings. The van der Waals surface area contributed by atoms with Gasteiger partial charge in [-0.25, -0.2) is 13.9 Å². The van der Waals surface area contributed by atoms with E-state index in [2.05, 4.69) is 15.7 Å². The Hall–Kier alpha value is -3.72. The third-order valence-electron chi connectivity index (χ3n) is 5.15.